The second-order valence-corrected chi connectivity index (χ2v) is 4.94. The van der Waals surface area contributed by atoms with Crippen LogP contribution in [0.25, 0.3) is 0 Å². The van der Waals surface area contributed by atoms with E-state index in [1.165, 1.54) is 0 Å². The van der Waals surface area contributed by atoms with Crippen molar-refractivity contribution in [1.82, 2.24) is 14.7 Å². The minimum Gasteiger partial charge on any atom is -0.477 e. The van der Waals surface area contributed by atoms with E-state index < -0.39 is 0 Å². The summed E-state index contributed by atoms with van der Waals surface area (Å²) >= 11 is 0. The van der Waals surface area contributed by atoms with Crippen molar-refractivity contribution in [1.29, 1.82) is 0 Å². The number of carbonyl (C=O) groups excluding carboxylic acids is 1. The lowest BCUT2D eigenvalue weighted by molar-refractivity contribution is 0.0778. The van der Waals surface area contributed by atoms with E-state index in [0.29, 0.717) is 24.6 Å². The van der Waals surface area contributed by atoms with Crippen LogP contribution in [0.5, 0.6) is 5.88 Å². The minimum atomic E-state index is -0.0583. The van der Waals surface area contributed by atoms with Gasteiger partial charge in [-0.25, -0.2) is 4.68 Å². The number of rotatable bonds is 3. The van der Waals surface area contributed by atoms with E-state index in [0.717, 1.165) is 18.5 Å². The smallest absolute Gasteiger partial charge is 0.261 e. The number of aryl methyl sites for hydroxylation is 1. The monoisotopic (exact) mass is 271 g/mol. The van der Waals surface area contributed by atoms with E-state index in [2.05, 4.69) is 5.10 Å². The van der Waals surface area contributed by atoms with Crippen LogP contribution in [0.2, 0.25) is 0 Å². The Kier molecular flexibility index (Phi) is 3.41. The highest BCUT2D eigenvalue weighted by Crippen LogP contribution is 2.23. The van der Waals surface area contributed by atoms with Gasteiger partial charge in [0.25, 0.3) is 5.91 Å². The molecule has 0 bridgehead atoms. The van der Waals surface area contributed by atoms with Crippen LogP contribution in [0.1, 0.15) is 22.3 Å². The minimum absolute atomic E-state index is 0.0583. The Hall–Kier alpha value is -2.30. The Morgan fingerprint density at radius 3 is 3.00 bits per heavy atom. The number of hydrogen-bond donors (Lipinski definition) is 0. The van der Waals surface area contributed by atoms with Gasteiger partial charge in [0, 0.05) is 26.6 Å². The van der Waals surface area contributed by atoms with Crippen molar-refractivity contribution >= 4 is 5.91 Å². The van der Waals surface area contributed by atoms with Gasteiger partial charge < -0.3 is 9.64 Å². The summed E-state index contributed by atoms with van der Waals surface area (Å²) in [4.78, 5) is 14.2. The van der Waals surface area contributed by atoms with Crippen molar-refractivity contribution in [3.8, 4) is 5.88 Å². The number of hydrogen-bond acceptors (Lipinski definition) is 3. The summed E-state index contributed by atoms with van der Waals surface area (Å²) < 4.78 is 7.33. The zero-order chi connectivity index (χ0) is 13.9. The molecule has 0 N–H and O–H groups in total. The average molecular weight is 271 g/mol. The van der Waals surface area contributed by atoms with Gasteiger partial charge in [-0.3, -0.25) is 4.79 Å². The summed E-state index contributed by atoms with van der Waals surface area (Å²) in [7, 11) is 1.79. The van der Waals surface area contributed by atoms with E-state index in [1.807, 2.05) is 30.3 Å². The van der Waals surface area contributed by atoms with Gasteiger partial charge >= 0.3 is 0 Å². The standard InChI is InChI=1S/C15H17N3O2/c1-17(11-12-6-3-2-4-7-12)14(19)13-10-16-18-8-5-9-20-15(13)18/h2-4,6-7,10H,5,8-9,11H2,1H3. The maximum absolute atomic E-state index is 12.5. The Morgan fingerprint density at radius 2 is 2.20 bits per heavy atom. The van der Waals surface area contributed by atoms with Crippen molar-refractivity contribution < 1.29 is 9.53 Å². The molecule has 0 unspecified atom stereocenters. The molecule has 1 aromatic heterocycles. The molecule has 0 spiro atoms. The van der Waals surface area contributed by atoms with Crippen molar-refractivity contribution in [2.24, 2.45) is 0 Å². The van der Waals surface area contributed by atoms with E-state index in [1.54, 1.807) is 22.8 Å². The number of nitrogens with zero attached hydrogens (tertiary/aromatic N) is 3. The Morgan fingerprint density at radius 1 is 1.40 bits per heavy atom. The highest BCUT2D eigenvalue weighted by atomic mass is 16.5. The lowest BCUT2D eigenvalue weighted by Crippen LogP contribution is -2.27. The fourth-order valence-electron chi connectivity index (χ4n) is 2.35. The highest BCUT2D eigenvalue weighted by Gasteiger charge is 2.23. The summed E-state index contributed by atoms with van der Waals surface area (Å²) in [5.74, 6) is 0.540. The first-order valence-corrected chi connectivity index (χ1v) is 6.73. The maximum Gasteiger partial charge on any atom is 0.261 e. The van der Waals surface area contributed by atoms with Gasteiger partial charge in [-0.15, -0.1) is 0 Å². The van der Waals surface area contributed by atoms with Crippen LogP contribution in [0.15, 0.2) is 36.5 Å². The molecule has 2 heterocycles. The van der Waals surface area contributed by atoms with Crippen LogP contribution < -0.4 is 4.74 Å². The Balaban J connectivity index is 1.77. The van der Waals surface area contributed by atoms with Crippen LogP contribution in [0.3, 0.4) is 0 Å². The Bertz CT molecular complexity index is 607. The molecule has 0 atom stereocenters. The van der Waals surface area contributed by atoms with Gasteiger partial charge in [0.2, 0.25) is 5.88 Å². The molecule has 3 rings (SSSR count). The SMILES string of the molecule is CN(Cc1ccccc1)C(=O)c1cnn2c1OCCC2. The zero-order valence-corrected chi connectivity index (χ0v) is 11.5. The van der Waals surface area contributed by atoms with Crippen LogP contribution in [0.4, 0.5) is 0 Å². The molecular formula is C15H17N3O2. The third-order valence-electron chi connectivity index (χ3n) is 3.38. The number of fused-ring (bicyclic) bond motifs is 1. The summed E-state index contributed by atoms with van der Waals surface area (Å²) in [6.45, 7) is 2.03. The molecule has 5 nitrogen and oxygen atoms in total. The van der Waals surface area contributed by atoms with E-state index >= 15 is 0 Å². The summed E-state index contributed by atoms with van der Waals surface area (Å²) in [6.07, 6.45) is 2.53. The topological polar surface area (TPSA) is 47.4 Å². The van der Waals surface area contributed by atoms with E-state index in [-0.39, 0.29) is 5.91 Å². The molecule has 0 fully saturated rings. The highest BCUT2D eigenvalue weighted by molar-refractivity contribution is 5.96. The first kappa shape index (κ1) is 12.7. The molecule has 20 heavy (non-hydrogen) atoms. The van der Waals surface area contributed by atoms with Gasteiger partial charge in [0.1, 0.15) is 5.56 Å². The maximum atomic E-state index is 12.5. The molecule has 1 amide bonds. The molecule has 0 aliphatic carbocycles. The zero-order valence-electron chi connectivity index (χ0n) is 11.5. The second-order valence-electron chi connectivity index (χ2n) is 4.94. The van der Waals surface area contributed by atoms with Crippen LogP contribution in [-0.4, -0.2) is 34.2 Å². The number of aromatic nitrogens is 2. The van der Waals surface area contributed by atoms with Gasteiger partial charge in [-0.2, -0.15) is 5.10 Å². The molecule has 0 radical (unpaired) electrons. The third-order valence-corrected chi connectivity index (χ3v) is 3.38. The largest absolute Gasteiger partial charge is 0.477 e. The van der Waals surface area contributed by atoms with Gasteiger partial charge in [0.15, 0.2) is 0 Å². The van der Waals surface area contributed by atoms with Crippen molar-refractivity contribution in [3.63, 3.8) is 0 Å². The van der Waals surface area contributed by atoms with Crippen LogP contribution in [-0.2, 0) is 13.1 Å². The second kappa shape index (κ2) is 5.36. The van der Waals surface area contributed by atoms with E-state index in [4.69, 9.17) is 4.74 Å². The molecule has 104 valence electrons. The van der Waals surface area contributed by atoms with Gasteiger partial charge in [-0.1, -0.05) is 30.3 Å². The van der Waals surface area contributed by atoms with Gasteiger partial charge in [-0.05, 0) is 5.56 Å². The molecule has 1 aromatic carbocycles. The normalized spacial score (nSPS) is 13.4. The average Bonchev–Trinajstić information content (AvgIpc) is 2.91. The lowest BCUT2D eigenvalue weighted by Gasteiger charge is -2.19. The predicted molar refractivity (Wildman–Crippen MR) is 74.6 cm³/mol. The van der Waals surface area contributed by atoms with Crippen molar-refractivity contribution in [2.45, 2.75) is 19.5 Å². The quantitative estimate of drug-likeness (QED) is 0.857. The molecule has 2 aromatic rings. The number of benzene rings is 1. The lowest BCUT2D eigenvalue weighted by atomic mass is 10.2. The number of carbonyl (C=O) groups is 1. The molecule has 0 saturated heterocycles. The van der Waals surface area contributed by atoms with Crippen LogP contribution in [0, 0.1) is 0 Å². The molecule has 5 heteroatoms. The predicted octanol–water partition coefficient (Wildman–Crippen LogP) is 1.94. The summed E-state index contributed by atoms with van der Waals surface area (Å²) in [5, 5.41) is 4.21. The molecule has 1 aliphatic heterocycles. The Labute approximate surface area is 117 Å². The molecule has 0 saturated carbocycles. The number of ether oxygens (including phenoxy) is 1. The molecular weight excluding hydrogens is 254 g/mol. The first-order chi connectivity index (χ1) is 9.75. The van der Waals surface area contributed by atoms with Crippen molar-refractivity contribution in [3.05, 3.63) is 47.7 Å². The van der Waals surface area contributed by atoms with E-state index in [9.17, 15) is 4.79 Å². The molecule has 1 aliphatic rings. The third kappa shape index (κ3) is 2.39. The number of amides is 1. The van der Waals surface area contributed by atoms with Crippen molar-refractivity contribution in [2.75, 3.05) is 13.7 Å². The fourth-order valence-corrected chi connectivity index (χ4v) is 2.35. The van der Waals surface area contributed by atoms with Gasteiger partial charge in [0.05, 0.1) is 12.8 Å². The van der Waals surface area contributed by atoms with Crippen LogP contribution >= 0.6 is 0 Å². The first-order valence-electron chi connectivity index (χ1n) is 6.73. The fraction of sp³-hybridized carbons (Fsp3) is 0.333. The summed E-state index contributed by atoms with van der Waals surface area (Å²) in [5.41, 5.74) is 1.65. The summed E-state index contributed by atoms with van der Waals surface area (Å²) in [6, 6.07) is 9.92.